The second kappa shape index (κ2) is 7.28. The zero-order chi connectivity index (χ0) is 11.0. The smallest absolute Gasteiger partial charge is 0.351 e. The summed E-state index contributed by atoms with van der Waals surface area (Å²) in [5.41, 5.74) is -0.00994. The first kappa shape index (κ1) is 12.9. The summed E-state index contributed by atoms with van der Waals surface area (Å²) < 4.78 is 4.77. The fraction of sp³-hybridized carbons (Fsp3) is 0.750. The highest BCUT2D eigenvalue weighted by Crippen LogP contribution is 1.93. The maximum absolute atomic E-state index is 10.4. The average molecular weight is 204 g/mol. The normalized spacial score (nSPS) is 11.5. The predicted octanol–water partition coefficient (Wildman–Crippen LogP) is 0.347. The van der Waals surface area contributed by atoms with Crippen LogP contribution in [0.15, 0.2) is 5.10 Å². The molecule has 0 amide bonds. The van der Waals surface area contributed by atoms with Crippen LogP contribution in [0.1, 0.15) is 13.8 Å². The van der Waals surface area contributed by atoms with Crippen molar-refractivity contribution in [1.29, 1.82) is 0 Å². The van der Waals surface area contributed by atoms with Gasteiger partial charge in [0.25, 0.3) is 0 Å². The number of carbonyl (C=O) groups is 1. The number of rotatable bonds is 7. The minimum absolute atomic E-state index is 0.00994. The van der Waals surface area contributed by atoms with Crippen LogP contribution in [-0.2, 0) is 14.4 Å². The van der Waals surface area contributed by atoms with E-state index < -0.39 is 5.97 Å². The van der Waals surface area contributed by atoms with E-state index in [1.54, 1.807) is 7.11 Å². The number of nitrogens with zero attached hydrogens (tertiary/aromatic N) is 2. The van der Waals surface area contributed by atoms with Crippen molar-refractivity contribution >= 4 is 11.7 Å². The molecule has 0 rings (SSSR count). The quantitative estimate of drug-likeness (QED) is 0.368. The molecule has 0 saturated heterocycles. The van der Waals surface area contributed by atoms with E-state index in [1.807, 2.05) is 6.92 Å². The van der Waals surface area contributed by atoms with Gasteiger partial charge in [-0.05, 0) is 13.8 Å². The lowest BCUT2D eigenvalue weighted by Crippen LogP contribution is -2.23. The Hall–Kier alpha value is -1.14. The van der Waals surface area contributed by atoms with Crippen molar-refractivity contribution in [1.82, 2.24) is 5.17 Å². The van der Waals surface area contributed by atoms with E-state index in [4.69, 9.17) is 14.7 Å². The zero-order valence-corrected chi connectivity index (χ0v) is 8.69. The molecule has 1 N–H and O–H groups in total. The minimum atomic E-state index is -1.06. The Balaban J connectivity index is 4.01. The molecule has 0 aromatic heterocycles. The largest absolute Gasteiger partial charge is 0.477 e. The number of methoxy groups -OCH3 is 1. The Morgan fingerprint density at radius 2 is 2.14 bits per heavy atom. The summed E-state index contributed by atoms with van der Waals surface area (Å²) in [4.78, 5) is 15.6. The van der Waals surface area contributed by atoms with Gasteiger partial charge in [0.05, 0.1) is 13.2 Å². The Morgan fingerprint density at radius 1 is 1.50 bits per heavy atom. The van der Waals surface area contributed by atoms with E-state index in [0.29, 0.717) is 19.8 Å². The molecule has 6 nitrogen and oxygen atoms in total. The van der Waals surface area contributed by atoms with Gasteiger partial charge < -0.3 is 9.84 Å². The van der Waals surface area contributed by atoms with Crippen LogP contribution < -0.4 is 0 Å². The molecule has 0 spiro atoms. The Bertz CT molecular complexity index is 206. The topological polar surface area (TPSA) is 71.4 Å². The fourth-order valence-corrected chi connectivity index (χ4v) is 0.627. The maximum Gasteiger partial charge on any atom is 0.351 e. The number of carboxylic acids is 1. The molecular weight excluding hydrogens is 188 g/mol. The Morgan fingerprint density at radius 3 is 2.57 bits per heavy atom. The second-order valence-corrected chi connectivity index (χ2v) is 2.48. The fourth-order valence-electron chi connectivity index (χ4n) is 0.627. The lowest BCUT2D eigenvalue weighted by atomic mass is 10.4. The lowest BCUT2D eigenvalue weighted by molar-refractivity contribution is -0.165. The number of hydrazone groups is 1. The summed E-state index contributed by atoms with van der Waals surface area (Å²) in [6.45, 7) is 4.49. The van der Waals surface area contributed by atoms with E-state index in [1.165, 1.54) is 12.1 Å². The van der Waals surface area contributed by atoms with Gasteiger partial charge in [-0.1, -0.05) is 0 Å². The molecule has 0 aliphatic rings. The molecule has 0 radical (unpaired) electrons. The first-order valence-corrected chi connectivity index (χ1v) is 4.29. The molecule has 14 heavy (non-hydrogen) atoms. The Kier molecular flexibility index (Phi) is 6.69. The van der Waals surface area contributed by atoms with E-state index in [0.717, 1.165) is 0 Å². The summed E-state index contributed by atoms with van der Waals surface area (Å²) in [5, 5.41) is 13.5. The molecule has 82 valence electrons. The van der Waals surface area contributed by atoms with Crippen LogP contribution in [0.25, 0.3) is 0 Å². The van der Waals surface area contributed by atoms with Gasteiger partial charge in [-0.3, -0.25) is 4.84 Å². The van der Waals surface area contributed by atoms with Gasteiger partial charge in [0.2, 0.25) is 0 Å². The number of hydrogen-bond donors (Lipinski definition) is 1. The van der Waals surface area contributed by atoms with Gasteiger partial charge in [0.1, 0.15) is 12.3 Å². The molecule has 0 unspecified atom stereocenters. The van der Waals surface area contributed by atoms with E-state index in [2.05, 4.69) is 5.10 Å². The van der Waals surface area contributed by atoms with Crippen molar-refractivity contribution < 1.29 is 19.5 Å². The zero-order valence-electron chi connectivity index (χ0n) is 8.69. The SMILES string of the molecule is CCN(N=C(C)C(=O)O)OCCOC. The molecular formula is C8H16N2O4. The highest BCUT2D eigenvalue weighted by atomic mass is 16.7. The summed E-state index contributed by atoms with van der Waals surface area (Å²) >= 11 is 0. The van der Waals surface area contributed by atoms with Crippen LogP contribution in [0.3, 0.4) is 0 Å². The molecule has 0 fully saturated rings. The van der Waals surface area contributed by atoms with E-state index >= 15 is 0 Å². The van der Waals surface area contributed by atoms with Crippen molar-refractivity contribution in [2.45, 2.75) is 13.8 Å². The first-order valence-electron chi connectivity index (χ1n) is 4.29. The highest BCUT2D eigenvalue weighted by molar-refractivity contribution is 6.34. The van der Waals surface area contributed by atoms with Crippen molar-refractivity contribution in [3.8, 4) is 0 Å². The van der Waals surface area contributed by atoms with Gasteiger partial charge in [-0.2, -0.15) is 5.17 Å². The first-order chi connectivity index (χ1) is 6.61. The molecule has 0 aliphatic heterocycles. The van der Waals surface area contributed by atoms with Crippen molar-refractivity contribution in [2.75, 3.05) is 26.9 Å². The molecule has 0 aromatic carbocycles. The van der Waals surface area contributed by atoms with Gasteiger partial charge in [-0.25, -0.2) is 4.79 Å². The number of ether oxygens (including phenoxy) is 1. The standard InChI is InChI=1S/C8H16N2O4/c1-4-10(14-6-5-13-3)9-7(2)8(11)12/h4-6H2,1-3H3,(H,11,12). The lowest BCUT2D eigenvalue weighted by Gasteiger charge is -2.16. The molecule has 0 heterocycles. The van der Waals surface area contributed by atoms with Crippen molar-refractivity contribution in [2.24, 2.45) is 5.10 Å². The van der Waals surface area contributed by atoms with Gasteiger partial charge in [0.15, 0.2) is 0 Å². The van der Waals surface area contributed by atoms with Crippen LogP contribution in [0, 0.1) is 0 Å². The predicted molar refractivity (Wildman–Crippen MR) is 51.0 cm³/mol. The molecule has 0 aliphatic carbocycles. The third kappa shape index (κ3) is 5.50. The second-order valence-electron chi connectivity index (χ2n) is 2.48. The molecule has 0 bridgehead atoms. The Labute approximate surface area is 83.1 Å². The summed E-state index contributed by atoms with van der Waals surface area (Å²) in [6, 6.07) is 0. The minimum Gasteiger partial charge on any atom is -0.477 e. The number of hydroxylamine groups is 1. The van der Waals surface area contributed by atoms with Crippen LogP contribution in [0.4, 0.5) is 0 Å². The van der Waals surface area contributed by atoms with Gasteiger partial charge in [-0.15, -0.1) is 5.10 Å². The van der Waals surface area contributed by atoms with E-state index in [9.17, 15) is 4.79 Å². The van der Waals surface area contributed by atoms with Gasteiger partial charge in [0, 0.05) is 7.11 Å². The molecule has 6 heteroatoms. The monoisotopic (exact) mass is 204 g/mol. The molecule has 0 saturated carbocycles. The van der Waals surface area contributed by atoms with Crippen molar-refractivity contribution in [3.63, 3.8) is 0 Å². The van der Waals surface area contributed by atoms with Crippen LogP contribution in [-0.4, -0.2) is 48.8 Å². The maximum atomic E-state index is 10.4. The van der Waals surface area contributed by atoms with E-state index in [-0.39, 0.29) is 5.71 Å². The average Bonchev–Trinajstić information content (AvgIpc) is 2.16. The summed E-state index contributed by atoms with van der Waals surface area (Å²) in [7, 11) is 1.56. The van der Waals surface area contributed by atoms with Crippen molar-refractivity contribution in [3.05, 3.63) is 0 Å². The number of hydrogen-bond acceptors (Lipinski definition) is 5. The van der Waals surface area contributed by atoms with Gasteiger partial charge >= 0.3 is 5.97 Å². The molecule has 0 atom stereocenters. The third-order valence-corrected chi connectivity index (χ3v) is 1.37. The summed E-state index contributed by atoms with van der Waals surface area (Å²) in [6.07, 6.45) is 0. The highest BCUT2D eigenvalue weighted by Gasteiger charge is 2.05. The van der Waals surface area contributed by atoms with Crippen LogP contribution in [0.2, 0.25) is 0 Å². The van der Waals surface area contributed by atoms with Crippen LogP contribution >= 0.6 is 0 Å². The number of carboxylic acid groups (broad SMARTS) is 1. The van der Waals surface area contributed by atoms with Crippen LogP contribution in [0.5, 0.6) is 0 Å². The summed E-state index contributed by atoms with van der Waals surface area (Å²) in [5.74, 6) is -1.06. The number of aliphatic carboxylic acids is 1. The molecule has 0 aromatic rings. The third-order valence-electron chi connectivity index (χ3n) is 1.37.